The van der Waals surface area contributed by atoms with Gasteiger partial charge in [0.2, 0.25) is 0 Å². The topological polar surface area (TPSA) is 52.6 Å². The summed E-state index contributed by atoms with van der Waals surface area (Å²) in [7, 11) is 2.63. The highest BCUT2D eigenvalue weighted by atomic mass is 16.5. The van der Waals surface area contributed by atoms with Crippen LogP contribution in [0.3, 0.4) is 0 Å². The highest BCUT2D eigenvalue weighted by Gasteiger charge is 2.70. The van der Waals surface area contributed by atoms with Crippen LogP contribution in [-0.2, 0) is 30.9 Å². The Hall–Kier alpha value is -2.10. The molecule has 2 unspecified atom stereocenters. The largest absolute Gasteiger partial charge is 0.468 e. The number of carbonyl (C=O) groups is 2. The molecule has 4 nitrogen and oxygen atoms in total. The fraction of sp³-hybridized carbons (Fsp3) is 0.444. The van der Waals surface area contributed by atoms with E-state index in [1.165, 1.54) is 14.2 Å². The lowest BCUT2D eigenvalue weighted by Crippen LogP contribution is -2.53. The Balaban J connectivity index is 2.33. The Labute approximate surface area is 130 Å². The quantitative estimate of drug-likeness (QED) is 0.478. The second kappa shape index (κ2) is 4.70. The Morgan fingerprint density at radius 2 is 1.77 bits per heavy atom. The average molecular weight is 300 g/mol. The van der Waals surface area contributed by atoms with Gasteiger partial charge < -0.3 is 9.47 Å². The molecule has 1 aromatic rings. The van der Waals surface area contributed by atoms with E-state index < -0.39 is 22.8 Å². The Morgan fingerprint density at radius 1 is 1.18 bits per heavy atom. The molecule has 0 aliphatic heterocycles. The number of ether oxygens (including phenoxy) is 2. The molecule has 0 heterocycles. The van der Waals surface area contributed by atoms with Crippen molar-refractivity contribution in [3.8, 4) is 0 Å². The van der Waals surface area contributed by atoms with Crippen LogP contribution in [0.25, 0.3) is 0 Å². The van der Waals surface area contributed by atoms with E-state index in [1.54, 1.807) is 0 Å². The number of carbonyl (C=O) groups excluding carboxylic acids is 2. The molecule has 22 heavy (non-hydrogen) atoms. The third kappa shape index (κ3) is 1.47. The molecule has 0 aromatic heterocycles. The first-order chi connectivity index (χ1) is 10.4. The molecule has 1 aromatic carbocycles. The van der Waals surface area contributed by atoms with E-state index in [1.807, 2.05) is 25.1 Å². The van der Waals surface area contributed by atoms with Crippen molar-refractivity contribution in [3.63, 3.8) is 0 Å². The van der Waals surface area contributed by atoms with Gasteiger partial charge >= 0.3 is 11.9 Å². The molecule has 0 N–H and O–H groups in total. The van der Waals surface area contributed by atoms with Crippen molar-refractivity contribution in [2.75, 3.05) is 14.2 Å². The summed E-state index contributed by atoms with van der Waals surface area (Å²) in [5.41, 5.74) is 0.904. The minimum absolute atomic E-state index is 0.0816. The van der Waals surface area contributed by atoms with E-state index in [0.717, 1.165) is 23.1 Å². The van der Waals surface area contributed by atoms with Gasteiger partial charge in [0.15, 0.2) is 5.41 Å². The van der Waals surface area contributed by atoms with Crippen LogP contribution in [0.2, 0.25) is 0 Å². The lowest BCUT2D eigenvalue weighted by molar-refractivity contribution is -0.172. The number of allylic oxidation sites excluding steroid dienone is 1. The number of methoxy groups -OCH3 is 2. The van der Waals surface area contributed by atoms with Crippen LogP contribution in [0.15, 0.2) is 36.4 Å². The second-order valence-corrected chi connectivity index (χ2v) is 6.30. The first-order valence-corrected chi connectivity index (χ1v) is 7.38. The number of hydrogen-bond donors (Lipinski definition) is 0. The molecular formula is C18H20O4. The van der Waals surface area contributed by atoms with Crippen molar-refractivity contribution in [2.45, 2.75) is 25.2 Å². The zero-order chi connectivity index (χ0) is 16.1. The van der Waals surface area contributed by atoms with Crippen molar-refractivity contribution in [3.05, 3.63) is 47.5 Å². The molecule has 2 aliphatic rings. The first-order valence-electron chi connectivity index (χ1n) is 7.38. The summed E-state index contributed by atoms with van der Waals surface area (Å²) in [6.45, 7) is 6.14. The molecule has 116 valence electrons. The Bertz CT molecular complexity index is 659. The average Bonchev–Trinajstić information content (AvgIpc) is 2.69. The summed E-state index contributed by atoms with van der Waals surface area (Å²) in [6.07, 6.45) is 1.18. The van der Waals surface area contributed by atoms with E-state index in [-0.39, 0.29) is 5.92 Å². The SMILES string of the molecule is C=C1C2Cc3ccccc3C1(C)C(C(=O)OC)(C(=O)OC)C2. The molecule has 4 heteroatoms. The van der Waals surface area contributed by atoms with Crippen molar-refractivity contribution < 1.29 is 19.1 Å². The van der Waals surface area contributed by atoms with E-state index >= 15 is 0 Å². The molecule has 0 radical (unpaired) electrons. The van der Waals surface area contributed by atoms with E-state index in [2.05, 4.69) is 12.6 Å². The number of fused-ring (bicyclic) bond motifs is 4. The molecular weight excluding hydrogens is 280 g/mol. The predicted molar refractivity (Wildman–Crippen MR) is 81.2 cm³/mol. The molecule has 1 fully saturated rings. The molecule has 3 rings (SSSR count). The molecule has 2 bridgehead atoms. The van der Waals surface area contributed by atoms with Gasteiger partial charge in [-0.15, -0.1) is 0 Å². The lowest BCUT2D eigenvalue weighted by Gasteiger charge is -2.42. The lowest BCUT2D eigenvalue weighted by atomic mass is 9.59. The van der Waals surface area contributed by atoms with Gasteiger partial charge in [0, 0.05) is 5.41 Å². The summed E-state index contributed by atoms with van der Waals surface area (Å²) in [5, 5.41) is 0. The van der Waals surface area contributed by atoms with Crippen LogP contribution in [0, 0.1) is 11.3 Å². The Morgan fingerprint density at radius 3 is 2.36 bits per heavy atom. The Kier molecular flexibility index (Phi) is 3.17. The molecule has 0 saturated heterocycles. The fourth-order valence-electron chi connectivity index (χ4n) is 4.44. The van der Waals surface area contributed by atoms with Crippen LogP contribution < -0.4 is 0 Å². The number of hydrogen-bond acceptors (Lipinski definition) is 4. The van der Waals surface area contributed by atoms with Crippen LogP contribution >= 0.6 is 0 Å². The van der Waals surface area contributed by atoms with E-state index in [4.69, 9.17) is 9.47 Å². The number of esters is 2. The maximum Gasteiger partial charge on any atom is 0.324 e. The minimum atomic E-state index is -1.36. The van der Waals surface area contributed by atoms with Gasteiger partial charge in [0.05, 0.1) is 14.2 Å². The summed E-state index contributed by atoms with van der Waals surface area (Å²) in [5.74, 6) is -0.998. The van der Waals surface area contributed by atoms with Gasteiger partial charge in [-0.1, -0.05) is 43.3 Å². The van der Waals surface area contributed by atoms with Crippen LogP contribution in [-0.4, -0.2) is 26.2 Å². The third-order valence-electron chi connectivity index (χ3n) is 5.63. The van der Waals surface area contributed by atoms with Crippen LogP contribution in [0.1, 0.15) is 24.5 Å². The predicted octanol–water partition coefficient (Wildman–Crippen LogP) is 2.41. The van der Waals surface area contributed by atoms with Gasteiger partial charge in [-0.05, 0) is 29.9 Å². The summed E-state index contributed by atoms with van der Waals surface area (Å²) >= 11 is 0. The summed E-state index contributed by atoms with van der Waals surface area (Å²) in [6, 6.07) is 7.93. The maximum absolute atomic E-state index is 12.7. The van der Waals surface area contributed by atoms with Crippen molar-refractivity contribution in [1.29, 1.82) is 0 Å². The van der Waals surface area contributed by atoms with E-state index in [9.17, 15) is 9.59 Å². The highest BCUT2D eigenvalue weighted by Crippen LogP contribution is 2.64. The highest BCUT2D eigenvalue weighted by molar-refractivity contribution is 6.04. The monoisotopic (exact) mass is 300 g/mol. The molecule has 2 aliphatic carbocycles. The summed E-state index contributed by atoms with van der Waals surface area (Å²) < 4.78 is 10.0. The van der Waals surface area contributed by atoms with Crippen molar-refractivity contribution in [2.24, 2.45) is 11.3 Å². The molecule has 1 saturated carbocycles. The smallest absolute Gasteiger partial charge is 0.324 e. The first kappa shape index (κ1) is 14.8. The second-order valence-electron chi connectivity index (χ2n) is 6.30. The maximum atomic E-state index is 12.7. The van der Waals surface area contributed by atoms with E-state index in [0.29, 0.717) is 6.42 Å². The van der Waals surface area contributed by atoms with Crippen molar-refractivity contribution in [1.82, 2.24) is 0 Å². The van der Waals surface area contributed by atoms with Gasteiger partial charge in [-0.2, -0.15) is 0 Å². The van der Waals surface area contributed by atoms with Crippen LogP contribution in [0.4, 0.5) is 0 Å². The summed E-state index contributed by atoms with van der Waals surface area (Å²) in [4.78, 5) is 25.4. The number of benzene rings is 1. The molecule has 0 amide bonds. The zero-order valence-electron chi connectivity index (χ0n) is 13.1. The minimum Gasteiger partial charge on any atom is -0.468 e. The van der Waals surface area contributed by atoms with Gasteiger partial charge in [-0.3, -0.25) is 9.59 Å². The van der Waals surface area contributed by atoms with Gasteiger partial charge in [0.1, 0.15) is 0 Å². The normalized spacial score (nSPS) is 28.0. The number of rotatable bonds is 2. The van der Waals surface area contributed by atoms with Gasteiger partial charge in [0.25, 0.3) is 0 Å². The molecule has 0 spiro atoms. The zero-order valence-corrected chi connectivity index (χ0v) is 13.1. The van der Waals surface area contributed by atoms with Gasteiger partial charge in [-0.25, -0.2) is 0 Å². The van der Waals surface area contributed by atoms with Crippen molar-refractivity contribution >= 4 is 11.9 Å². The standard InChI is InChI=1S/C18H20O4/c1-11-13-9-12-7-5-6-8-14(12)17(11,2)18(10-13,15(19)21-3)16(20)22-4/h5-8,13H,1,9-10H2,2-4H3. The third-order valence-corrected chi connectivity index (χ3v) is 5.63. The molecule has 2 atom stereocenters. The van der Waals surface area contributed by atoms with Crippen LogP contribution in [0.5, 0.6) is 0 Å². The fourth-order valence-corrected chi connectivity index (χ4v) is 4.44.